The standard InChI is InChI=1S/C15H18N4O3S/c16-10-12-1-3-17-14(9-12)18-4-6-19(7-5-18)15(20)13-2-8-23(21,22)11-13/h1,3,9,13H,2,4-8,11H2/t13-/m0/s1. The molecule has 1 aromatic rings. The average Bonchev–Trinajstić information content (AvgIpc) is 2.94. The first-order chi connectivity index (χ1) is 11.0. The molecule has 1 aromatic heterocycles. The molecule has 0 aliphatic carbocycles. The lowest BCUT2D eigenvalue weighted by molar-refractivity contribution is -0.135. The molecular weight excluding hydrogens is 316 g/mol. The quantitative estimate of drug-likeness (QED) is 0.758. The number of piperazine rings is 1. The van der Waals surface area contributed by atoms with Gasteiger partial charge in [0, 0.05) is 32.4 Å². The number of hydrogen-bond acceptors (Lipinski definition) is 6. The Morgan fingerprint density at radius 1 is 1.30 bits per heavy atom. The molecule has 0 aromatic carbocycles. The van der Waals surface area contributed by atoms with Crippen LogP contribution in [0.25, 0.3) is 0 Å². The molecule has 0 unspecified atom stereocenters. The summed E-state index contributed by atoms with van der Waals surface area (Å²) in [4.78, 5) is 20.5. The zero-order valence-electron chi connectivity index (χ0n) is 12.7. The lowest BCUT2D eigenvalue weighted by Crippen LogP contribution is -2.50. The van der Waals surface area contributed by atoms with Crippen molar-refractivity contribution < 1.29 is 13.2 Å². The highest BCUT2D eigenvalue weighted by Gasteiger charge is 2.36. The summed E-state index contributed by atoms with van der Waals surface area (Å²) in [5.41, 5.74) is 0.560. The van der Waals surface area contributed by atoms with E-state index < -0.39 is 9.84 Å². The van der Waals surface area contributed by atoms with E-state index in [1.165, 1.54) is 0 Å². The third kappa shape index (κ3) is 3.45. The summed E-state index contributed by atoms with van der Waals surface area (Å²) in [7, 11) is -3.04. The summed E-state index contributed by atoms with van der Waals surface area (Å²) in [5, 5.41) is 8.94. The lowest BCUT2D eigenvalue weighted by Gasteiger charge is -2.36. The molecule has 0 radical (unpaired) electrons. The van der Waals surface area contributed by atoms with Crippen LogP contribution in [-0.4, -0.2) is 61.9 Å². The third-order valence-electron chi connectivity index (χ3n) is 4.37. The molecule has 3 heterocycles. The van der Waals surface area contributed by atoms with Crippen molar-refractivity contribution in [3.8, 4) is 6.07 Å². The molecule has 0 N–H and O–H groups in total. The number of hydrogen-bond donors (Lipinski definition) is 0. The Morgan fingerprint density at radius 3 is 2.65 bits per heavy atom. The summed E-state index contributed by atoms with van der Waals surface area (Å²) in [6, 6.07) is 5.48. The van der Waals surface area contributed by atoms with Crippen molar-refractivity contribution in [1.82, 2.24) is 9.88 Å². The van der Waals surface area contributed by atoms with E-state index in [-0.39, 0.29) is 23.3 Å². The van der Waals surface area contributed by atoms with Gasteiger partial charge < -0.3 is 9.80 Å². The second-order valence-electron chi connectivity index (χ2n) is 5.93. The second kappa shape index (κ2) is 6.16. The van der Waals surface area contributed by atoms with E-state index in [0.29, 0.717) is 38.2 Å². The van der Waals surface area contributed by atoms with Crippen LogP contribution in [0, 0.1) is 17.2 Å². The van der Waals surface area contributed by atoms with Crippen molar-refractivity contribution in [1.29, 1.82) is 5.26 Å². The van der Waals surface area contributed by atoms with Crippen molar-refractivity contribution in [3.63, 3.8) is 0 Å². The number of anilines is 1. The van der Waals surface area contributed by atoms with Gasteiger partial charge in [-0.2, -0.15) is 5.26 Å². The van der Waals surface area contributed by atoms with Crippen LogP contribution in [0.15, 0.2) is 18.3 Å². The van der Waals surface area contributed by atoms with Crippen LogP contribution in [0.1, 0.15) is 12.0 Å². The third-order valence-corrected chi connectivity index (χ3v) is 6.14. The van der Waals surface area contributed by atoms with Gasteiger partial charge in [0.1, 0.15) is 5.82 Å². The van der Waals surface area contributed by atoms with Gasteiger partial charge in [0.05, 0.1) is 29.1 Å². The molecule has 2 fully saturated rings. The topological polar surface area (TPSA) is 94.4 Å². The predicted octanol–water partition coefficient (Wildman–Crippen LogP) is 0.0366. The second-order valence-corrected chi connectivity index (χ2v) is 8.16. The molecule has 3 rings (SSSR count). The van der Waals surface area contributed by atoms with Crippen LogP contribution in [0.3, 0.4) is 0 Å². The number of sulfone groups is 1. The number of carbonyl (C=O) groups excluding carboxylic acids is 1. The molecule has 2 aliphatic heterocycles. The van der Waals surface area contributed by atoms with E-state index in [1.807, 2.05) is 4.90 Å². The number of rotatable bonds is 2. The van der Waals surface area contributed by atoms with Crippen LogP contribution < -0.4 is 4.90 Å². The maximum atomic E-state index is 12.4. The van der Waals surface area contributed by atoms with Gasteiger partial charge in [-0.15, -0.1) is 0 Å². The van der Waals surface area contributed by atoms with Gasteiger partial charge in [-0.25, -0.2) is 13.4 Å². The average molecular weight is 334 g/mol. The summed E-state index contributed by atoms with van der Waals surface area (Å²) in [5.74, 6) is 0.405. The molecule has 122 valence electrons. The van der Waals surface area contributed by atoms with E-state index in [9.17, 15) is 13.2 Å². The van der Waals surface area contributed by atoms with E-state index in [1.54, 1.807) is 23.2 Å². The monoisotopic (exact) mass is 334 g/mol. The molecule has 2 aliphatic rings. The minimum Gasteiger partial charge on any atom is -0.353 e. The number of aromatic nitrogens is 1. The Hall–Kier alpha value is -2.14. The maximum Gasteiger partial charge on any atom is 0.226 e. The van der Waals surface area contributed by atoms with Crippen LogP contribution in [-0.2, 0) is 14.6 Å². The Balaban J connectivity index is 1.60. The van der Waals surface area contributed by atoms with Crippen molar-refractivity contribution in [3.05, 3.63) is 23.9 Å². The van der Waals surface area contributed by atoms with E-state index in [0.717, 1.165) is 5.82 Å². The lowest BCUT2D eigenvalue weighted by atomic mass is 10.1. The van der Waals surface area contributed by atoms with E-state index in [2.05, 4.69) is 11.1 Å². The molecule has 1 amide bonds. The Kier molecular flexibility index (Phi) is 4.22. The highest BCUT2D eigenvalue weighted by atomic mass is 32.2. The first-order valence-electron chi connectivity index (χ1n) is 7.59. The van der Waals surface area contributed by atoms with Crippen LogP contribution >= 0.6 is 0 Å². The first-order valence-corrected chi connectivity index (χ1v) is 9.41. The largest absolute Gasteiger partial charge is 0.353 e. The molecule has 2 saturated heterocycles. The maximum absolute atomic E-state index is 12.4. The van der Waals surface area contributed by atoms with E-state index >= 15 is 0 Å². The summed E-state index contributed by atoms with van der Waals surface area (Å²) in [6.45, 7) is 2.36. The smallest absolute Gasteiger partial charge is 0.226 e. The fraction of sp³-hybridized carbons (Fsp3) is 0.533. The Bertz CT molecular complexity index is 748. The molecule has 0 bridgehead atoms. The van der Waals surface area contributed by atoms with E-state index in [4.69, 9.17) is 5.26 Å². The molecule has 0 spiro atoms. The number of pyridine rings is 1. The zero-order chi connectivity index (χ0) is 16.4. The molecule has 7 nitrogen and oxygen atoms in total. The van der Waals surface area contributed by atoms with Crippen molar-refractivity contribution in [2.45, 2.75) is 6.42 Å². The molecular formula is C15H18N4O3S. The van der Waals surface area contributed by atoms with Crippen molar-refractivity contribution in [2.75, 3.05) is 42.6 Å². The van der Waals surface area contributed by atoms with Gasteiger partial charge in [-0.05, 0) is 18.6 Å². The van der Waals surface area contributed by atoms with Gasteiger partial charge in [-0.3, -0.25) is 4.79 Å². The van der Waals surface area contributed by atoms with Gasteiger partial charge in [0.2, 0.25) is 5.91 Å². The summed E-state index contributed by atoms with van der Waals surface area (Å²) in [6.07, 6.45) is 2.04. The highest BCUT2D eigenvalue weighted by Crippen LogP contribution is 2.22. The molecule has 0 saturated carbocycles. The van der Waals surface area contributed by atoms with Crippen LogP contribution in [0.4, 0.5) is 5.82 Å². The minimum absolute atomic E-state index is 0.0161. The van der Waals surface area contributed by atoms with Gasteiger partial charge >= 0.3 is 0 Å². The van der Waals surface area contributed by atoms with Crippen molar-refractivity contribution in [2.24, 2.45) is 5.92 Å². The zero-order valence-corrected chi connectivity index (χ0v) is 13.5. The SMILES string of the molecule is N#Cc1ccnc(N2CCN(C(=O)[C@H]3CCS(=O)(=O)C3)CC2)c1. The molecule has 1 atom stereocenters. The van der Waals surface area contributed by atoms with Gasteiger partial charge in [0.25, 0.3) is 0 Å². The Labute approximate surface area is 135 Å². The number of nitrogens with zero attached hydrogens (tertiary/aromatic N) is 4. The summed E-state index contributed by atoms with van der Waals surface area (Å²) >= 11 is 0. The van der Waals surface area contributed by atoms with Gasteiger partial charge in [0.15, 0.2) is 9.84 Å². The summed E-state index contributed by atoms with van der Waals surface area (Å²) < 4.78 is 23.0. The first kappa shape index (κ1) is 15.7. The molecule has 8 heteroatoms. The normalized spacial score (nSPS) is 23.5. The number of nitriles is 1. The minimum atomic E-state index is -3.04. The van der Waals surface area contributed by atoms with Crippen LogP contribution in [0.5, 0.6) is 0 Å². The van der Waals surface area contributed by atoms with Crippen LogP contribution in [0.2, 0.25) is 0 Å². The number of carbonyl (C=O) groups is 1. The molecule has 23 heavy (non-hydrogen) atoms. The fourth-order valence-electron chi connectivity index (χ4n) is 3.06. The number of amides is 1. The van der Waals surface area contributed by atoms with Gasteiger partial charge in [-0.1, -0.05) is 0 Å². The van der Waals surface area contributed by atoms with Crippen molar-refractivity contribution >= 4 is 21.6 Å². The fourth-order valence-corrected chi connectivity index (χ4v) is 4.80. The highest BCUT2D eigenvalue weighted by molar-refractivity contribution is 7.91. The Morgan fingerprint density at radius 2 is 2.04 bits per heavy atom. The predicted molar refractivity (Wildman–Crippen MR) is 84.5 cm³/mol.